The molecule has 0 atom stereocenters. The molecular weight excluding hydrogens is 302 g/mol. The van der Waals surface area contributed by atoms with Gasteiger partial charge in [-0.1, -0.05) is 23.7 Å². The first-order chi connectivity index (χ1) is 10.5. The molecule has 22 heavy (non-hydrogen) atoms. The number of amides is 1. The zero-order chi connectivity index (χ0) is 16.1. The van der Waals surface area contributed by atoms with Gasteiger partial charge in [-0.3, -0.25) is 9.59 Å². The molecule has 0 radical (unpaired) electrons. The fraction of sp³-hybridized carbons (Fsp3) is 0.188. The van der Waals surface area contributed by atoms with Crippen LogP contribution in [0.1, 0.15) is 35.8 Å². The number of rotatable bonds is 4. The molecule has 1 aromatic carbocycles. The summed E-state index contributed by atoms with van der Waals surface area (Å²) in [6.45, 7) is 3.75. The van der Waals surface area contributed by atoms with Crippen molar-refractivity contribution in [1.82, 2.24) is 9.99 Å². The summed E-state index contributed by atoms with van der Waals surface area (Å²) in [4.78, 5) is 24.2. The zero-order valence-corrected chi connectivity index (χ0v) is 13.0. The monoisotopic (exact) mass is 317 g/mol. The first kappa shape index (κ1) is 16.0. The lowest BCUT2D eigenvalue weighted by molar-refractivity contribution is 0.0953. The van der Waals surface area contributed by atoms with Crippen LogP contribution >= 0.6 is 11.6 Å². The third kappa shape index (κ3) is 3.83. The van der Waals surface area contributed by atoms with Crippen LogP contribution in [-0.2, 0) is 0 Å². The lowest BCUT2D eigenvalue weighted by Crippen LogP contribution is -2.31. The first-order valence-corrected chi connectivity index (χ1v) is 7.17. The van der Waals surface area contributed by atoms with Gasteiger partial charge in [0, 0.05) is 17.3 Å². The summed E-state index contributed by atoms with van der Waals surface area (Å²) in [6, 6.07) is 10.1. The van der Waals surface area contributed by atoms with E-state index in [9.17, 15) is 9.59 Å². The van der Waals surface area contributed by atoms with E-state index < -0.39 is 5.91 Å². The third-order valence-corrected chi connectivity index (χ3v) is 3.28. The van der Waals surface area contributed by atoms with Crippen molar-refractivity contribution in [2.45, 2.75) is 19.9 Å². The third-order valence-electron chi connectivity index (χ3n) is 3.03. The minimum Gasteiger partial charge on any atom is -0.312 e. The maximum Gasteiger partial charge on any atom is 0.276 e. The Labute approximate surface area is 133 Å². The molecule has 0 aliphatic heterocycles. The molecule has 0 saturated heterocycles. The minimum absolute atomic E-state index is 0.0159. The van der Waals surface area contributed by atoms with Crippen LogP contribution in [-0.4, -0.2) is 16.7 Å². The molecule has 0 spiro atoms. The van der Waals surface area contributed by atoms with Gasteiger partial charge in [0.15, 0.2) is 0 Å². The summed E-state index contributed by atoms with van der Waals surface area (Å²) >= 11 is 5.78. The van der Waals surface area contributed by atoms with Crippen LogP contribution in [0.5, 0.6) is 0 Å². The van der Waals surface area contributed by atoms with E-state index in [1.807, 2.05) is 13.8 Å². The maximum atomic E-state index is 12.2. The Balaban J connectivity index is 2.11. The van der Waals surface area contributed by atoms with Crippen LogP contribution in [0.15, 0.2) is 52.5 Å². The number of hydrogen-bond donors (Lipinski definition) is 1. The second-order valence-electron chi connectivity index (χ2n) is 4.98. The van der Waals surface area contributed by atoms with Gasteiger partial charge in [0.25, 0.3) is 11.5 Å². The number of aromatic nitrogens is 1. The number of carbonyl (C=O) groups is 1. The fourth-order valence-electron chi connectivity index (χ4n) is 1.86. The Morgan fingerprint density at radius 3 is 2.59 bits per heavy atom. The molecule has 5 nitrogen and oxygen atoms in total. The van der Waals surface area contributed by atoms with Gasteiger partial charge in [-0.05, 0) is 43.7 Å². The molecular formula is C16H16ClN3O2. The van der Waals surface area contributed by atoms with E-state index in [2.05, 4.69) is 10.5 Å². The highest BCUT2D eigenvalue weighted by Crippen LogP contribution is 2.07. The van der Waals surface area contributed by atoms with Gasteiger partial charge >= 0.3 is 0 Å². The van der Waals surface area contributed by atoms with Crippen molar-refractivity contribution in [2.75, 3.05) is 0 Å². The number of carbonyl (C=O) groups excluding carboxylic acids is 1. The molecule has 0 aliphatic rings. The van der Waals surface area contributed by atoms with Crippen molar-refractivity contribution in [1.29, 1.82) is 0 Å². The van der Waals surface area contributed by atoms with Crippen molar-refractivity contribution in [2.24, 2.45) is 5.10 Å². The standard InChI is InChI=1S/C16H16ClN3O2/c1-11(2)20-9-3-4-14(16(20)22)15(21)19-18-10-12-5-7-13(17)8-6-12/h3-11H,1-2H3,(H,19,21)/b18-10-. The summed E-state index contributed by atoms with van der Waals surface area (Å²) < 4.78 is 1.50. The topological polar surface area (TPSA) is 63.5 Å². The molecule has 2 aromatic rings. The Morgan fingerprint density at radius 2 is 1.95 bits per heavy atom. The first-order valence-electron chi connectivity index (χ1n) is 6.79. The number of halogens is 1. The van der Waals surface area contributed by atoms with Crippen LogP contribution < -0.4 is 11.0 Å². The van der Waals surface area contributed by atoms with Gasteiger partial charge in [-0.15, -0.1) is 0 Å². The second-order valence-corrected chi connectivity index (χ2v) is 5.42. The lowest BCUT2D eigenvalue weighted by Gasteiger charge is -2.10. The van der Waals surface area contributed by atoms with Crippen molar-refractivity contribution in [3.05, 3.63) is 69.1 Å². The van der Waals surface area contributed by atoms with Gasteiger partial charge in [0.2, 0.25) is 0 Å². The van der Waals surface area contributed by atoms with Crippen LogP contribution in [0.25, 0.3) is 0 Å². The molecule has 0 aliphatic carbocycles. The van der Waals surface area contributed by atoms with Gasteiger partial charge < -0.3 is 4.57 Å². The van der Waals surface area contributed by atoms with E-state index in [4.69, 9.17) is 11.6 Å². The van der Waals surface area contributed by atoms with Gasteiger partial charge in [-0.2, -0.15) is 5.10 Å². The number of nitrogens with one attached hydrogen (secondary N) is 1. The largest absolute Gasteiger partial charge is 0.312 e. The Bertz CT molecular complexity index is 749. The Hall–Kier alpha value is -2.40. The summed E-state index contributed by atoms with van der Waals surface area (Å²) in [5, 5.41) is 4.47. The number of pyridine rings is 1. The highest BCUT2D eigenvalue weighted by Gasteiger charge is 2.12. The molecule has 0 unspecified atom stereocenters. The quantitative estimate of drug-likeness (QED) is 0.696. The second kappa shape index (κ2) is 7.04. The van der Waals surface area contributed by atoms with Crippen molar-refractivity contribution in [3.63, 3.8) is 0 Å². The van der Waals surface area contributed by atoms with Gasteiger partial charge in [0.05, 0.1) is 6.21 Å². The normalized spacial score (nSPS) is 11.1. The molecule has 2 rings (SSSR count). The summed E-state index contributed by atoms with van der Waals surface area (Å²) in [7, 11) is 0. The SMILES string of the molecule is CC(C)n1cccc(C(=O)N/N=C\c2ccc(Cl)cc2)c1=O. The van der Waals surface area contributed by atoms with Crippen LogP contribution in [0, 0.1) is 0 Å². The number of hydrazone groups is 1. The molecule has 0 fully saturated rings. The van der Waals surface area contributed by atoms with Gasteiger partial charge in [-0.25, -0.2) is 5.43 Å². The molecule has 1 heterocycles. The van der Waals surface area contributed by atoms with Crippen LogP contribution in [0.4, 0.5) is 0 Å². The zero-order valence-electron chi connectivity index (χ0n) is 12.3. The van der Waals surface area contributed by atoms with Gasteiger partial charge in [0.1, 0.15) is 5.56 Å². The molecule has 0 saturated carbocycles. The molecule has 1 aromatic heterocycles. The fourth-order valence-corrected chi connectivity index (χ4v) is 1.99. The molecule has 114 valence electrons. The van der Waals surface area contributed by atoms with E-state index in [-0.39, 0.29) is 17.2 Å². The van der Waals surface area contributed by atoms with Crippen LogP contribution in [0.2, 0.25) is 5.02 Å². The van der Waals surface area contributed by atoms with Crippen molar-refractivity contribution < 1.29 is 4.79 Å². The molecule has 1 amide bonds. The van der Waals surface area contributed by atoms with E-state index in [1.54, 1.807) is 36.5 Å². The summed E-state index contributed by atoms with van der Waals surface area (Å²) in [6.07, 6.45) is 3.14. The van der Waals surface area contributed by atoms with E-state index in [0.29, 0.717) is 5.02 Å². The highest BCUT2D eigenvalue weighted by molar-refractivity contribution is 6.30. The molecule has 0 bridgehead atoms. The molecule has 1 N–H and O–H groups in total. The highest BCUT2D eigenvalue weighted by atomic mass is 35.5. The Kier molecular flexibility index (Phi) is 5.12. The minimum atomic E-state index is -0.537. The Morgan fingerprint density at radius 1 is 1.27 bits per heavy atom. The number of hydrogen-bond acceptors (Lipinski definition) is 3. The number of benzene rings is 1. The van der Waals surface area contributed by atoms with E-state index >= 15 is 0 Å². The van der Waals surface area contributed by atoms with Crippen LogP contribution in [0.3, 0.4) is 0 Å². The smallest absolute Gasteiger partial charge is 0.276 e. The van der Waals surface area contributed by atoms with Crippen molar-refractivity contribution in [3.8, 4) is 0 Å². The van der Waals surface area contributed by atoms with E-state index in [0.717, 1.165) is 5.56 Å². The van der Waals surface area contributed by atoms with E-state index in [1.165, 1.54) is 16.8 Å². The average molecular weight is 318 g/mol. The lowest BCUT2D eigenvalue weighted by atomic mass is 10.2. The number of nitrogens with zero attached hydrogens (tertiary/aromatic N) is 2. The summed E-state index contributed by atoms with van der Waals surface area (Å²) in [5.41, 5.74) is 2.87. The predicted molar refractivity (Wildman–Crippen MR) is 87.6 cm³/mol. The maximum absolute atomic E-state index is 12.2. The predicted octanol–water partition coefficient (Wildman–Crippen LogP) is 2.85. The molecule has 6 heteroatoms. The average Bonchev–Trinajstić information content (AvgIpc) is 2.49. The van der Waals surface area contributed by atoms with Crippen molar-refractivity contribution >= 4 is 23.7 Å². The summed E-state index contributed by atoms with van der Waals surface area (Å²) in [5.74, 6) is -0.537.